The maximum absolute atomic E-state index is 11.1. The first kappa shape index (κ1) is 12.9. The Morgan fingerprint density at radius 2 is 1.35 bits per heavy atom. The summed E-state index contributed by atoms with van der Waals surface area (Å²) in [6.07, 6.45) is 12.5. The number of carbonyl (C=O) groups is 1. The van der Waals surface area contributed by atoms with Crippen LogP contribution in [-0.4, -0.2) is 18.0 Å². The smallest absolute Gasteiger partial charge is 0.220 e. The summed E-state index contributed by atoms with van der Waals surface area (Å²) in [7, 11) is 0. The van der Waals surface area contributed by atoms with Gasteiger partial charge >= 0.3 is 0 Å². The van der Waals surface area contributed by atoms with Crippen LogP contribution < -0.4 is 11.1 Å². The van der Waals surface area contributed by atoms with E-state index in [2.05, 4.69) is 5.32 Å². The molecule has 3 nitrogen and oxygen atoms in total. The molecule has 3 N–H and O–H groups in total. The van der Waals surface area contributed by atoms with Crippen molar-refractivity contribution in [2.75, 3.05) is 0 Å². The van der Waals surface area contributed by atoms with Crippen LogP contribution in [0.4, 0.5) is 0 Å². The number of nitrogens with two attached hydrogens (primary N) is 1. The topological polar surface area (TPSA) is 55.1 Å². The third-order valence-corrected chi connectivity index (χ3v) is 4.46. The van der Waals surface area contributed by atoms with Crippen LogP contribution in [0.25, 0.3) is 0 Å². The van der Waals surface area contributed by atoms with Crippen molar-refractivity contribution in [2.45, 2.75) is 76.3 Å². The van der Waals surface area contributed by atoms with Crippen LogP contribution in [0.5, 0.6) is 0 Å². The van der Waals surface area contributed by atoms with Gasteiger partial charge < -0.3 is 11.1 Å². The summed E-state index contributed by atoms with van der Waals surface area (Å²) in [6, 6.07) is 1.36. The molecule has 1 amide bonds. The van der Waals surface area contributed by atoms with Crippen LogP contribution >= 0.6 is 0 Å². The Kier molecular flexibility index (Phi) is 4.84. The van der Waals surface area contributed by atoms with Crippen molar-refractivity contribution < 1.29 is 4.79 Å². The third-order valence-electron chi connectivity index (χ3n) is 4.46. The van der Waals surface area contributed by atoms with Crippen LogP contribution in [0.15, 0.2) is 0 Å². The summed E-state index contributed by atoms with van der Waals surface area (Å²) in [5.41, 5.74) is 5.36. The number of hydrogen-bond donors (Lipinski definition) is 2. The van der Waals surface area contributed by atoms with E-state index in [9.17, 15) is 4.79 Å². The van der Waals surface area contributed by atoms with Crippen molar-refractivity contribution >= 4 is 5.91 Å². The van der Waals surface area contributed by atoms with Crippen molar-refractivity contribution in [2.24, 2.45) is 11.7 Å². The van der Waals surface area contributed by atoms with Gasteiger partial charge in [-0.3, -0.25) is 4.79 Å². The van der Waals surface area contributed by atoms with Crippen molar-refractivity contribution in [3.63, 3.8) is 0 Å². The average Bonchev–Trinajstić information content (AvgIpc) is 2.58. The van der Waals surface area contributed by atoms with Gasteiger partial charge in [0.1, 0.15) is 0 Å². The van der Waals surface area contributed by atoms with Crippen molar-refractivity contribution in [1.29, 1.82) is 0 Å². The van der Waals surface area contributed by atoms with E-state index in [0.717, 1.165) is 31.7 Å². The largest absolute Gasteiger partial charge is 0.369 e. The minimum atomic E-state index is -0.0992. The molecule has 17 heavy (non-hydrogen) atoms. The summed E-state index contributed by atoms with van der Waals surface area (Å²) in [5, 5.41) is 3.81. The van der Waals surface area contributed by atoms with E-state index in [1.807, 2.05) is 0 Å². The van der Waals surface area contributed by atoms with Gasteiger partial charge in [0.05, 0.1) is 0 Å². The highest BCUT2D eigenvalue weighted by Crippen LogP contribution is 2.26. The summed E-state index contributed by atoms with van der Waals surface area (Å²) in [6.45, 7) is 0. The van der Waals surface area contributed by atoms with Crippen LogP contribution in [0, 0.1) is 5.92 Å². The van der Waals surface area contributed by atoms with Gasteiger partial charge in [-0.2, -0.15) is 0 Å². The van der Waals surface area contributed by atoms with Crippen LogP contribution in [-0.2, 0) is 4.79 Å². The molecule has 2 rings (SSSR count). The van der Waals surface area contributed by atoms with Gasteiger partial charge in [-0.1, -0.05) is 25.7 Å². The molecule has 0 heterocycles. The molecule has 2 aliphatic rings. The lowest BCUT2D eigenvalue weighted by atomic mass is 9.85. The highest BCUT2D eigenvalue weighted by atomic mass is 16.1. The maximum atomic E-state index is 11.1. The Labute approximate surface area is 105 Å². The van der Waals surface area contributed by atoms with E-state index in [-0.39, 0.29) is 11.8 Å². The van der Waals surface area contributed by atoms with E-state index in [4.69, 9.17) is 5.73 Å². The molecule has 0 aliphatic heterocycles. The van der Waals surface area contributed by atoms with E-state index in [1.165, 1.54) is 38.5 Å². The second-order valence-corrected chi connectivity index (χ2v) is 5.81. The fourth-order valence-corrected chi connectivity index (χ4v) is 3.32. The molecule has 2 aliphatic carbocycles. The van der Waals surface area contributed by atoms with Crippen LogP contribution in [0.3, 0.4) is 0 Å². The molecule has 0 radical (unpaired) electrons. The first-order valence-corrected chi connectivity index (χ1v) is 7.31. The first-order valence-electron chi connectivity index (χ1n) is 7.31. The molecule has 3 heteroatoms. The molecule has 0 atom stereocenters. The van der Waals surface area contributed by atoms with Gasteiger partial charge in [0, 0.05) is 18.0 Å². The molecule has 98 valence electrons. The fourth-order valence-electron chi connectivity index (χ4n) is 3.32. The lowest BCUT2D eigenvalue weighted by Crippen LogP contribution is -2.41. The number of amides is 1. The molecular formula is C14H26N2O. The predicted molar refractivity (Wildman–Crippen MR) is 69.6 cm³/mol. The van der Waals surface area contributed by atoms with Gasteiger partial charge in [0.2, 0.25) is 5.91 Å². The van der Waals surface area contributed by atoms with E-state index in [1.54, 1.807) is 0 Å². The van der Waals surface area contributed by atoms with Crippen molar-refractivity contribution in [3.05, 3.63) is 0 Å². The standard InChI is InChI=1S/C14H26N2O/c15-14(17)11-7-9-13(10-8-11)16-12-5-3-1-2-4-6-12/h11-13,16H,1-10H2,(H2,15,17). The second-order valence-electron chi connectivity index (χ2n) is 5.81. The van der Waals surface area contributed by atoms with Crippen molar-refractivity contribution in [3.8, 4) is 0 Å². The zero-order chi connectivity index (χ0) is 12.1. The van der Waals surface area contributed by atoms with Gasteiger partial charge in [-0.15, -0.1) is 0 Å². The Bertz CT molecular complexity index is 239. The Balaban J connectivity index is 1.71. The number of nitrogens with one attached hydrogen (secondary N) is 1. The molecule has 0 spiro atoms. The lowest BCUT2D eigenvalue weighted by molar-refractivity contribution is -0.122. The normalized spacial score (nSPS) is 32.0. The summed E-state index contributed by atoms with van der Waals surface area (Å²) in [4.78, 5) is 11.1. The maximum Gasteiger partial charge on any atom is 0.220 e. The zero-order valence-electron chi connectivity index (χ0n) is 10.8. The molecule has 0 aromatic carbocycles. The first-order chi connectivity index (χ1) is 8.25. The van der Waals surface area contributed by atoms with E-state index in [0.29, 0.717) is 6.04 Å². The summed E-state index contributed by atoms with van der Waals surface area (Å²) < 4.78 is 0. The molecule has 0 aromatic heterocycles. The highest BCUT2D eigenvalue weighted by molar-refractivity contribution is 5.76. The lowest BCUT2D eigenvalue weighted by Gasteiger charge is -2.30. The molecule has 0 bridgehead atoms. The van der Waals surface area contributed by atoms with Gasteiger partial charge in [0.25, 0.3) is 0 Å². The summed E-state index contributed by atoms with van der Waals surface area (Å²) in [5.74, 6) is 0.0418. The van der Waals surface area contributed by atoms with E-state index < -0.39 is 0 Å². The average molecular weight is 238 g/mol. The van der Waals surface area contributed by atoms with Gasteiger partial charge in [-0.05, 0) is 38.5 Å². The molecule has 2 fully saturated rings. The minimum absolute atomic E-state index is 0.0992. The molecule has 0 aromatic rings. The summed E-state index contributed by atoms with van der Waals surface area (Å²) >= 11 is 0. The molecule has 0 unspecified atom stereocenters. The zero-order valence-corrected chi connectivity index (χ0v) is 10.8. The second kappa shape index (κ2) is 6.39. The molecule has 0 saturated heterocycles. The predicted octanol–water partition coefficient (Wildman–Crippen LogP) is 2.34. The fraction of sp³-hybridized carbons (Fsp3) is 0.929. The van der Waals surface area contributed by atoms with Crippen molar-refractivity contribution in [1.82, 2.24) is 5.32 Å². The van der Waals surface area contributed by atoms with Crippen LogP contribution in [0.1, 0.15) is 64.2 Å². The quantitative estimate of drug-likeness (QED) is 0.742. The number of primary amides is 1. The third kappa shape index (κ3) is 3.98. The SMILES string of the molecule is NC(=O)C1CCC(NC2CCCCCC2)CC1. The van der Waals surface area contributed by atoms with Crippen LogP contribution in [0.2, 0.25) is 0 Å². The Hall–Kier alpha value is -0.570. The Morgan fingerprint density at radius 3 is 1.88 bits per heavy atom. The van der Waals surface area contributed by atoms with Gasteiger partial charge in [0.15, 0.2) is 0 Å². The molecule has 2 saturated carbocycles. The van der Waals surface area contributed by atoms with E-state index >= 15 is 0 Å². The number of rotatable bonds is 3. The molecular weight excluding hydrogens is 212 g/mol. The Morgan fingerprint density at radius 1 is 0.824 bits per heavy atom. The van der Waals surface area contributed by atoms with Gasteiger partial charge in [-0.25, -0.2) is 0 Å². The monoisotopic (exact) mass is 238 g/mol. The minimum Gasteiger partial charge on any atom is -0.369 e. The number of hydrogen-bond acceptors (Lipinski definition) is 2. The highest BCUT2D eigenvalue weighted by Gasteiger charge is 2.26. The number of carbonyl (C=O) groups excluding carboxylic acids is 1.